The number of hydrogen-bond donors (Lipinski definition) is 0. The van der Waals surface area contributed by atoms with Crippen LogP contribution in [0.15, 0.2) is 144 Å². The topological polar surface area (TPSA) is 21.3 Å². The lowest BCUT2D eigenvalue weighted by Gasteiger charge is -2.20. The second-order valence-corrected chi connectivity index (χ2v) is 10.3. The predicted molar refractivity (Wildman–Crippen MR) is 168 cm³/mol. The summed E-state index contributed by atoms with van der Waals surface area (Å²) >= 11 is 0. The molecule has 0 aliphatic rings. The summed E-state index contributed by atoms with van der Waals surface area (Å²) in [4.78, 5) is 2.25. The quantitative estimate of drug-likeness (QED) is 0.233. The molecule has 2 heterocycles. The summed E-state index contributed by atoms with van der Waals surface area (Å²) in [5.74, 6) is 0. The fourth-order valence-corrected chi connectivity index (χ4v) is 5.96. The Morgan fingerprint density at radius 3 is 1.98 bits per heavy atom. The molecule has 0 bridgehead atoms. The molecule has 0 spiro atoms. The van der Waals surface area contributed by atoms with Crippen LogP contribution in [0.25, 0.3) is 60.6 Å². The van der Waals surface area contributed by atoms with Crippen LogP contribution in [0.3, 0.4) is 0 Å². The van der Waals surface area contributed by atoms with Crippen molar-refractivity contribution in [2.75, 3.05) is 11.9 Å². The standard InChI is InChI=1S/C37H26N2O/c1-38(27-18-15-25(16-19-27)26-17-22-37-33(23-26)31-12-6-8-14-36(31)40-37)29-20-21-35-32(24-29)30-11-5-7-13-34(30)39(35)28-9-3-2-4-10-28/h2-24H,1H3. The first kappa shape index (κ1) is 22.7. The van der Waals surface area contributed by atoms with Crippen LogP contribution in [0, 0.1) is 0 Å². The summed E-state index contributed by atoms with van der Waals surface area (Å²) in [6.45, 7) is 0. The second-order valence-electron chi connectivity index (χ2n) is 10.3. The SMILES string of the molecule is CN(c1ccc(-c2ccc3oc4ccccc4c3c2)cc1)c1ccc2c(c1)c1ccccc1n2-c1ccccc1. The van der Waals surface area contributed by atoms with Gasteiger partial charge in [-0.25, -0.2) is 0 Å². The van der Waals surface area contributed by atoms with E-state index in [9.17, 15) is 0 Å². The number of rotatable bonds is 4. The fraction of sp³-hybridized carbons (Fsp3) is 0.0270. The van der Waals surface area contributed by atoms with Crippen molar-refractivity contribution in [1.82, 2.24) is 4.57 Å². The minimum atomic E-state index is 0.922. The highest BCUT2D eigenvalue weighted by Gasteiger charge is 2.14. The molecule has 0 amide bonds. The number of fused-ring (bicyclic) bond motifs is 6. The number of anilines is 2. The van der Waals surface area contributed by atoms with E-state index in [4.69, 9.17) is 4.42 Å². The van der Waals surface area contributed by atoms with Gasteiger partial charge >= 0.3 is 0 Å². The number of furan rings is 1. The maximum Gasteiger partial charge on any atom is 0.135 e. The molecule has 0 fully saturated rings. The van der Waals surface area contributed by atoms with E-state index < -0.39 is 0 Å². The Morgan fingerprint density at radius 1 is 0.475 bits per heavy atom. The van der Waals surface area contributed by atoms with E-state index in [2.05, 4.69) is 144 Å². The second kappa shape index (κ2) is 8.89. The minimum absolute atomic E-state index is 0.922. The Morgan fingerprint density at radius 2 is 1.12 bits per heavy atom. The first-order chi connectivity index (χ1) is 19.7. The highest BCUT2D eigenvalue weighted by atomic mass is 16.3. The third-order valence-corrected chi connectivity index (χ3v) is 8.02. The Labute approximate surface area is 232 Å². The molecule has 0 aliphatic heterocycles. The van der Waals surface area contributed by atoms with Crippen molar-refractivity contribution in [2.24, 2.45) is 0 Å². The molecule has 8 rings (SSSR count). The van der Waals surface area contributed by atoms with Gasteiger partial charge in [0.05, 0.1) is 11.0 Å². The Balaban J connectivity index is 1.16. The number of benzene rings is 6. The molecule has 8 aromatic rings. The van der Waals surface area contributed by atoms with E-state index in [0.717, 1.165) is 33.3 Å². The van der Waals surface area contributed by atoms with Gasteiger partial charge in [0.25, 0.3) is 0 Å². The molecule has 0 atom stereocenters. The summed E-state index contributed by atoms with van der Waals surface area (Å²) in [6.07, 6.45) is 0. The van der Waals surface area contributed by atoms with Crippen molar-refractivity contribution in [1.29, 1.82) is 0 Å². The van der Waals surface area contributed by atoms with Gasteiger partial charge in [0, 0.05) is 45.7 Å². The van der Waals surface area contributed by atoms with E-state index in [1.54, 1.807) is 0 Å². The zero-order valence-corrected chi connectivity index (χ0v) is 22.1. The van der Waals surface area contributed by atoms with E-state index in [1.165, 1.54) is 38.6 Å². The maximum absolute atomic E-state index is 6.02. The molecular weight excluding hydrogens is 488 g/mol. The van der Waals surface area contributed by atoms with Crippen LogP contribution in [0.5, 0.6) is 0 Å². The molecule has 40 heavy (non-hydrogen) atoms. The molecule has 3 heteroatoms. The third kappa shape index (κ3) is 3.52. The van der Waals surface area contributed by atoms with Crippen LogP contribution in [0.4, 0.5) is 11.4 Å². The van der Waals surface area contributed by atoms with Gasteiger partial charge < -0.3 is 13.9 Å². The number of aromatic nitrogens is 1. The van der Waals surface area contributed by atoms with Gasteiger partial charge in [-0.05, 0) is 77.9 Å². The van der Waals surface area contributed by atoms with E-state index in [-0.39, 0.29) is 0 Å². The van der Waals surface area contributed by atoms with Gasteiger partial charge in [0.1, 0.15) is 11.2 Å². The lowest BCUT2D eigenvalue weighted by Crippen LogP contribution is -2.09. The first-order valence-corrected chi connectivity index (χ1v) is 13.6. The van der Waals surface area contributed by atoms with Crippen LogP contribution in [-0.2, 0) is 0 Å². The molecular formula is C37H26N2O. The highest BCUT2D eigenvalue weighted by molar-refractivity contribution is 6.10. The number of hydrogen-bond acceptors (Lipinski definition) is 2. The van der Waals surface area contributed by atoms with Crippen molar-refractivity contribution in [2.45, 2.75) is 0 Å². The summed E-state index contributed by atoms with van der Waals surface area (Å²) < 4.78 is 8.37. The van der Waals surface area contributed by atoms with E-state index >= 15 is 0 Å². The first-order valence-electron chi connectivity index (χ1n) is 13.6. The molecule has 3 nitrogen and oxygen atoms in total. The molecule has 2 aromatic heterocycles. The van der Waals surface area contributed by atoms with Crippen molar-refractivity contribution in [3.05, 3.63) is 140 Å². The van der Waals surface area contributed by atoms with Gasteiger partial charge in [0.2, 0.25) is 0 Å². The van der Waals surface area contributed by atoms with Gasteiger partial charge in [-0.3, -0.25) is 0 Å². The van der Waals surface area contributed by atoms with Gasteiger partial charge in [-0.1, -0.05) is 72.8 Å². The van der Waals surface area contributed by atoms with Gasteiger partial charge in [0.15, 0.2) is 0 Å². The smallest absolute Gasteiger partial charge is 0.135 e. The Kier molecular flexibility index (Phi) is 5.04. The van der Waals surface area contributed by atoms with Crippen LogP contribution in [-0.4, -0.2) is 11.6 Å². The summed E-state index contributed by atoms with van der Waals surface area (Å²) in [6, 6.07) is 49.5. The highest BCUT2D eigenvalue weighted by Crippen LogP contribution is 2.37. The molecule has 190 valence electrons. The fourth-order valence-electron chi connectivity index (χ4n) is 5.96. The third-order valence-electron chi connectivity index (χ3n) is 8.02. The summed E-state index contributed by atoms with van der Waals surface area (Å²) in [5.41, 5.74) is 10.1. The van der Waals surface area contributed by atoms with Crippen molar-refractivity contribution in [3.63, 3.8) is 0 Å². The molecule has 0 aliphatic carbocycles. The Hall–Kier alpha value is -5.28. The zero-order chi connectivity index (χ0) is 26.6. The average molecular weight is 515 g/mol. The lowest BCUT2D eigenvalue weighted by molar-refractivity contribution is 0.669. The molecule has 0 radical (unpaired) electrons. The molecule has 0 saturated carbocycles. The zero-order valence-electron chi connectivity index (χ0n) is 22.1. The van der Waals surface area contributed by atoms with Gasteiger partial charge in [-0.2, -0.15) is 0 Å². The summed E-state index contributed by atoms with van der Waals surface area (Å²) in [5, 5.41) is 4.81. The number of para-hydroxylation sites is 3. The molecule has 0 saturated heterocycles. The molecule has 0 N–H and O–H groups in total. The lowest BCUT2D eigenvalue weighted by atomic mass is 10.0. The van der Waals surface area contributed by atoms with Crippen LogP contribution in [0.2, 0.25) is 0 Å². The maximum atomic E-state index is 6.02. The van der Waals surface area contributed by atoms with Crippen LogP contribution >= 0.6 is 0 Å². The van der Waals surface area contributed by atoms with Crippen molar-refractivity contribution in [3.8, 4) is 16.8 Å². The molecule has 0 unspecified atom stereocenters. The van der Waals surface area contributed by atoms with Crippen LogP contribution < -0.4 is 4.90 Å². The average Bonchev–Trinajstić information content (AvgIpc) is 3.56. The van der Waals surface area contributed by atoms with E-state index in [1.807, 2.05) is 12.1 Å². The minimum Gasteiger partial charge on any atom is -0.456 e. The van der Waals surface area contributed by atoms with Crippen LogP contribution in [0.1, 0.15) is 0 Å². The summed E-state index contributed by atoms with van der Waals surface area (Å²) in [7, 11) is 2.14. The van der Waals surface area contributed by atoms with Crippen molar-refractivity contribution < 1.29 is 4.42 Å². The number of nitrogens with zero attached hydrogens (tertiary/aromatic N) is 2. The predicted octanol–water partition coefficient (Wildman–Crippen LogP) is 10.1. The van der Waals surface area contributed by atoms with Crippen molar-refractivity contribution >= 4 is 55.1 Å². The van der Waals surface area contributed by atoms with Gasteiger partial charge in [-0.15, -0.1) is 0 Å². The normalized spacial score (nSPS) is 11.6. The largest absolute Gasteiger partial charge is 0.456 e. The van der Waals surface area contributed by atoms with E-state index in [0.29, 0.717) is 0 Å². The Bertz CT molecular complexity index is 2170. The molecule has 6 aromatic carbocycles. The monoisotopic (exact) mass is 514 g/mol.